The van der Waals surface area contributed by atoms with Crippen LogP contribution in [-0.4, -0.2) is 30.4 Å². The van der Waals surface area contributed by atoms with E-state index in [0.717, 1.165) is 25.4 Å². The van der Waals surface area contributed by atoms with Crippen LogP contribution in [0.25, 0.3) is 0 Å². The van der Waals surface area contributed by atoms with Gasteiger partial charge in [0.05, 0.1) is 0 Å². The molecular formula is C10H18N2O. The third-order valence-corrected chi connectivity index (χ3v) is 3.13. The molecule has 1 amide bonds. The number of hydrogen-bond donors (Lipinski definition) is 1. The van der Waals surface area contributed by atoms with Crippen LogP contribution in [0.2, 0.25) is 0 Å². The van der Waals surface area contributed by atoms with E-state index in [0.29, 0.717) is 24.8 Å². The highest BCUT2D eigenvalue weighted by molar-refractivity contribution is 5.77. The lowest BCUT2D eigenvalue weighted by molar-refractivity contribution is -0.135. The summed E-state index contributed by atoms with van der Waals surface area (Å²) in [4.78, 5) is 13.6. The first-order chi connectivity index (χ1) is 6.29. The normalized spacial score (nSPS) is 29.5. The molecule has 1 aliphatic heterocycles. The Hall–Kier alpha value is -0.570. The molecule has 1 aliphatic carbocycles. The smallest absolute Gasteiger partial charge is 0.222 e. The van der Waals surface area contributed by atoms with E-state index in [1.54, 1.807) is 0 Å². The minimum atomic E-state index is 0.327. The Bertz CT molecular complexity index is 201. The van der Waals surface area contributed by atoms with Crippen molar-refractivity contribution in [3.63, 3.8) is 0 Å². The average molecular weight is 182 g/mol. The second-order valence-corrected chi connectivity index (χ2v) is 4.38. The minimum Gasteiger partial charge on any atom is -0.342 e. The second-order valence-electron chi connectivity index (χ2n) is 4.38. The largest absolute Gasteiger partial charge is 0.342 e. The average Bonchev–Trinajstić information content (AvgIpc) is 2.92. The van der Waals surface area contributed by atoms with Crippen molar-refractivity contribution in [1.82, 2.24) is 4.90 Å². The highest BCUT2D eigenvalue weighted by Crippen LogP contribution is 2.31. The van der Waals surface area contributed by atoms with E-state index in [-0.39, 0.29) is 0 Å². The molecule has 2 N–H and O–H groups in total. The first-order valence-corrected chi connectivity index (χ1v) is 5.27. The summed E-state index contributed by atoms with van der Waals surface area (Å²) >= 11 is 0. The molecule has 3 heteroatoms. The van der Waals surface area contributed by atoms with Crippen LogP contribution < -0.4 is 5.73 Å². The number of nitrogens with two attached hydrogens (primary N) is 1. The van der Waals surface area contributed by atoms with Gasteiger partial charge in [0.25, 0.3) is 0 Å². The highest BCUT2D eigenvalue weighted by atomic mass is 16.2. The highest BCUT2D eigenvalue weighted by Gasteiger charge is 2.30. The SMILES string of the molecule is NCC1CCN(CC2CC2)C(=O)C1. The van der Waals surface area contributed by atoms with E-state index in [4.69, 9.17) is 5.73 Å². The summed E-state index contributed by atoms with van der Waals surface area (Å²) in [5.41, 5.74) is 5.55. The van der Waals surface area contributed by atoms with Crippen LogP contribution in [0.1, 0.15) is 25.7 Å². The molecule has 2 rings (SSSR count). The van der Waals surface area contributed by atoms with Crippen LogP contribution in [0.3, 0.4) is 0 Å². The molecule has 2 aliphatic rings. The number of carbonyl (C=O) groups excluding carboxylic acids is 1. The first-order valence-electron chi connectivity index (χ1n) is 5.27. The molecule has 0 aromatic rings. The standard InChI is InChI=1S/C10H18N2O/c11-6-9-3-4-12(10(13)5-9)7-8-1-2-8/h8-9H,1-7,11H2. The van der Waals surface area contributed by atoms with Crippen LogP contribution in [0, 0.1) is 11.8 Å². The van der Waals surface area contributed by atoms with Gasteiger partial charge in [0.1, 0.15) is 0 Å². The van der Waals surface area contributed by atoms with E-state index in [1.165, 1.54) is 12.8 Å². The molecule has 2 fully saturated rings. The van der Waals surface area contributed by atoms with Gasteiger partial charge in [-0.1, -0.05) is 0 Å². The van der Waals surface area contributed by atoms with Gasteiger partial charge in [0.2, 0.25) is 5.91 Å². The third-order valence-electron chi connectivity index (χ3n) is 3.13. The quantitative estimate of drug-likeness (QED) is 0.694. The Labute approximate surface area is 79.3 Å². The lowest BCUT2D eigenvalue weighted by Gasteiger charge is -2.31. The van der Waals surface area contributed by atoms with E-state index in [2.05, 4.69) is 0 Å². The van der Waals surface area contributed by atoms with Crippen molar-refractivity contribution in [3.05, 3.63) is 0 Å². The van der Waals surface area contributed by atoms with Crippen LogP contribution in [-0.2, 0) is 4.79 Å². The van der Waals surface area contributed by atoms with Crippen LogP contribution in [0.5, 0.6) is 0 Å². The van der Waals surface area contributed by atoms with Gasteiger partial charge in [-0.15, -0.1) is 0 Å². The summed E-state index contributed by atoms with van der Waals surface area (Å²) in [5, 5.41) is 0. The fourth-order valence-corrected chi connectivity index (χ4v) is 1.95. The number of piperidine rings is 1. The monoisotopic (exact) mass is 182 g/mol. The van der Waals surface area contributed by atoms with Gasteiger partial charge in [-0.25, -0.2) is 0 Å². The Morgan fingerprint density at radius 2 is 2.08 bits per heavy atom. The number of carbonyl (C=O) groups is 1. The summed E-state index contributed by atoms with van der Waals surface area (Å²) in [6.45, 7) is 2.62. The molecule has 1 unspecified atom stereocenters. The Kier molecular flexibility index (Phi) is 2.54. The third kappa shape index (κ3) is 2.21. The van der Waals surface area contributed by atoms with Gasteiger partial charge in [0, 0.05) is 19.5 Å². The Morgan fingerprint density at radius 3 is 2.62 bits per heavy atom. The van der Waals surface area contributed by atoms with E-state index in [1.807, 2.05) is 4.90 Å². The molecule has 74 valence electrons. The minimum absolute atomic E-state index is 0.327. The maximum atomic E-state index is 11.6. The number of rotatable bonds is 3. The molecule has 3 nitrogen and oxygen atoms in total. The second kappa shape index (κ2) is 3.66. The molecule has 13 heavy (non-hydrogen) atoms. The molecule has 1 heterocycles. The molecule has 0 bridgehead atoms. The summed E-state index contributed by atoms with van der Waals surface area (Å²) < 4.78 is 0. The Morgan fingerprint density at radius 1 is 1.31 bits per heavy atom. The molecule has 0 spiro atoms. The molecule has 0 aromatic carbocycles. The number of nitrogens with zero attached hydrogens (tertiary/aromatic N) is 1. The van der Waals surface area contributed by atoms with Gasteiger partial charge in [-0.05, 0) is 37.6 Å². The maximum Gasteiger partial charge on any atom is 0.222 e. The fraction of sp³-hybridized carbons (Fsp3) is 0.900. The summed E-state index contributed by atoms with van der Waals surface area (Å²) in [6, 6.07) is 0. The number of hydrogen-bond acceptors (Lipinski definition) is 2. The van der Waals surface area contributed by atoms with E-state index in [9.17, 15) is 4.79 Å². The van der Waals surface area contributed by atoms with Crippen molar-refractivity contribution < 1.29 is 4.79 Å². The molecule has 0 aromatic heterocycles. The maximum absolute atomic E-state index is 11.6. The number of likely N-dealkylation sites (tertiary alicyclic amines) is 1. The molecular weight excluding hydrogens is 164 g/mol. The van der Waals surface area contributed by atoms with Gasteiger partial charge in [0.15, 0.2) is 0 Å². The lowest BCUT2D eigenvalue weighted by Crippen LogP contribution is -2.41. The van der Waals surface area contributed by atoms with Crippen molar-refractivity contribution >= 4 is 5.91 Å². The van der Waals surface area contributed by atoms with E-state index < -0.39 is 0 Å². The zero-order valence-electron chi connectivity index (χ0n) is 8.04. The molecule has 1 atom stereocenters. The van der Waals surface area contributed by atoms with Gasteiger partial charge >= 0.3 is 0 Å². The van der Waals surface area contributed by atoms with Crippen molar-refractivity contribution in [2.45, 2.75) is 25.7 Å². The zero-order valence-corrected chi connectivity index (χ0v) is 8.04. The van der Waals surface area contributed by atoms with Crippen LogP contribution >= 0.6 is 0 Å². The topological polar surface area (TPSA) is 46.3 Å². The van der Waals surface area contributed by atoms with Gasteiger partial charge in [-0.3, -0.25) is 4.79 Å². The molecule has 1 saturated heterocycles. The van der Waals surface area contributed by atoms with Gasteiger partial charge in [-0.2, -0.15) is 0 Å². The summed E-state index contributed by atoms with van der Waals surface area (Å²) in [6.07, 6.45) is 4.44. The van der Waals surface area contributed by atoms with Gasteiger partial charge < -0.3 is 10.6 Å². The van der Waals surface area contributed by atoms with Crippen molar-refractivity contribution in [1.29, 1.82) is 0 Å². The first kappa shape index (κ1) is 9.00. The molecule has 0 radical (unpaired) electrons. The van der Waals surface area contributed by atoms with Crippen LogP contribution in [0.15, 0.2) is 0 Å². The predicted octanol–water partition coefficient (Wildman–Crippen LogP) is 0.594. The van der Waals surface area contributed by atoms with Crippen molar-refractivity contribution in [3.8, 4) is 0 Å². The summed E-state index contributed by atoms with van der Waals surface area (Å²) in [7, 11) is 0. The predicted molar refractivity (Wildman–Crippen MR) is 51.1 cm³/mol. The van der Waals surface area contributed by atoms with E-state index >= 15 is 0 Å². The Balaban J connectivity index is 1.81. The summed E-state index contributed by atoms with van der Waals surface area (Å²) in [5.74, 6) is 1.59. The fourth-order valence-electron chi connectivity index (χ4n) is 1.95. The van der Waals surface area contributed by atoms with Crippen LogP contribution in [0.4, 0.5) is 0 Å². The van der Waals surface area contributed by atoms with Crippen molar-refractivity contribution in [2.24, 2.45) is 17.6 Å². The number of amides is 1. The lowest BCUT2D eigenvalue weighted by atomic mass is 9.96. The molecule has 1 saturated carbocycles. The zero-order chi connectivity index (χ0) is 9.26. The van der Waals surface area contributed by atoms with Crippen molar-refractivity contribution in [2.75, 3.05) is 19.6 Å².